The standard InChI is InChI=1S/C7H9F6I/c1-4(2,3)5(8,9)6(10,14)7(11,12)13/h1-3H3. The number of rotatable bonds is 1. The highest BCUT2D eigenvalue weighted by atomic mass is 127. The largest absolute Gasteiger partial charge is 0.438 e. The van der Waals surface area contributed by atoms with E-state index in [0.717, 1.165) is 20.8 Å². The second-order valence-electron chi connectivity index (χ2n) is 3.90. The SMILES string of the molecule is CC(C)(C)C(F)(F)C(F)(I)C(F)(F)F. The molecule has 7 heteroatoms. The third kappa shape index (κ3) is 2.11. The van der Waals surface area contributed by atoms with Crippen LogP contribution < -0.4 is 0 Å². The van der Waals surface area contributed by atoms with E-state index in [1.54, 1.807) is 0 Å². The van der Waals surface area contributed by atoms with Crippen LogP contribution in [0.3, 0.4) is 0 Å². The molecule has 0 aromatic heterocycles. The van der Waals surface area contributed by atoms with Gasteiger partial charge >= 0.3 is 15.8 Å². The van der Waals surface area contributed by atoms with Crippen molar-refractivity contribution in [3.63, 3.8) is 0 Å². The Morgan fingerprint density at radius 1 is 0.786 bits per heavy atom. The normalized spacial score (nSPS) is 19.3. The average Bonchev–Trinajstić information content (AvgIpc) is 1.81. The molecule has 0 aliphatic rings. The minimum absolute atomic E-state index is 0.109. The highest BCUT2D eigenvalue weighted by molar-refractivity contribution is 14.1. The zero-order chi connectivity index (χ0) is 12.0. The minimum Gasteiger partial charge on any atom is -0.215 e. The zero-order valence-corrected chi connectivity index (χ0v) is 9.80. The second-order valence-corrected chi connectivity index (χ2v) is 5.38. The number of alkyl halides is 7. The quantitative estimate of drug-likeness (QED) is 0.380. The summed E-state index contributed by atoms with van der Waals surface area (Å²) in [5.74, 6) is -4.49. The van der Waals surface area contributed by atoms with Crippen molar-refractivity contribution in [3.8, 4) is 0 Å². The summed E-state index contributed by atoms with van der Waals surface area (Å²) in [7, 11) is 0. The molecule has 0 bridgehead atoms. The summed E-state index contributed by atoms with van der Waals surface area (Å²) in [6.45, 7) is 2.56. The van der Waals surface area contributed by atoms with E-state index in [1.807, 2.05) is 0 Å². The molecule has 0 radical (unpaired) electrons. The highest BCUT2D eigenvalue weighted by Gasteiger charge is 2.73. The molecule has 0 spiro atoms. The van der Waals surface area contributed by atoms with Crippen LogP contribution in [0.2, 0.25) is 0 Å². The highest BCUT2D eigenvalue weighted by Crippen LogP contribution is 2.56. The van der Waals surface area contributed by atoms with Crippen LogP contribution in [0, 0.1) is 5.41 Å². The topological polar surface area (TPSA) is 0 Å². The summed E-state index contributed by atoms with van der Waals surface area (Å²) < 4.78 is 70.6. The van der Waals surface area contributed by atoms with Gasteiger partial charge in [0, 0.05) is 5.41 Å². The molecule has 0 fully saturated rings. The molecule has 1 unspecified atom stereocenters. The summed E-state index contributed by atoms with van der Waals surface area (Å²) in [6.07, 6.45) is -5.59. The fourth-order valence-corrected chi connectivity index (χ4v) is 1.46. The van der Waals surface area contributed by atoms with Gasteiger partial charge in [-0.25, -0.2) is 13.2 Å². The van der Waals surface area contributed by atoms with E-state index in [1.165, 1.54) is 0 Å². The molecule has 0 aromatic rings. The van der Waals surface area contributed by atoms with Gasteiger partial charge in [0.05, 0.1) is 0 Å². The molecule has 0 aliphatic heterocycles. The summed E-state index contributed by atoms with van der Waals surface area (Å²) in [5.41, 5.74) is -2.10. The predicted molar refractivity (Wildman–Crippen MR) is 48.3 cm³/mol. The maximum absolute atomic E-state index is 13.1. The Balaban J connectivity index is 5.30. The average molecular weight is 334 g/mol. The van der Waals surface area contributed by atoms with Crippen molar-refractivity contribution in [3.05, 3.63) is 0 Å². The maximum Gasteiger partial charge on any atom is 0.438 e. The number of hydrogen-bond acceptors (Lipinski definition) is 0. The lowest BCUT2D eigenvalue weighted by Gasteiger charge is -2.38. The fraction of sp³-hybridized carbons (Fsp3) is 1.00. The van der Waals surface area contributed by atoms with Gasteiger partial charge in [0.2, 0.25) is 0 Å². The van der Waals surface area contributed by atoms with Crippen LogP contribution in [0.15, 0.2) is 0 Å². The van der Waals surface area contributed by atoms with E-state index in [-0.39, 0.29) is 22.6 Å². The van der Waals surface area contributed by atoms with Gasteiger partial charge in [-0.3, -0.25) is 0 Å². The Kier molecular flexibility index (Phi) is 3.49. The molecule has 0 N–H and O–H groups in total. The number of hydrogen-bond donors (Lipinski definition) is 0. The van der Waals surface area contributed by atoms with Crippen LogP contribution in [0.5, 0.6) is 0 Å². The lowest BCUT2D eigenvalue weighted by atomic mass is 9.85. The summed E-state index contributed by atoms with van der Waals surface area (Å²) >= 11 is 0.109. The van der Waals surface area contributed by atoms with Crippen molar-refractivity contribution < 1.29 is 26.3 Å². The van der Waals surface area contributed by atoms with Crippen molar-refractivity contribution in [2.45, 2.75) is 36.5 Å². The Labute approximate surface area is 91.2 Å². The van der Waals surface area contributed by atoms with Crippen molar-refractivity contribution in [2.24, 2.45) is 5.41 Å². The summed E-state index contributed by atoms with van der Waals surface area (Å²) in [6, 6.07) is 0. The second kappa shape index (κ2) is 3.41. The van der Waals surface area contributed by atoms with E-state index in [4.69, 9.17) is 0 Å². The van der Waals surface area contributed by atoms with Gasteiger partial charge in [0.15, 0.2) is 0 Å². The third-order valence-corrected chi connectivity index (χ3v) is 2.98. The maximum atomic E-state index is 13.1. The Bertz CT molecular complexity index is 187. The minimum atomic E-state index is -5.59. The molecule has 0 nitrogen and oxygen atoms in total. The first-order valence-corrected chi connectivity index (χ1v) is 4.65. The van der Waals surface area contributed by atoms with Gasteiger partial charge in [0.1, 0.15) is 0 Å². The van der Waals surface area contributed by atoms with Crippen LogP contribution in [0.25, 0.3) is 0 Å². The first-order chi connectivity index (χ1) is 5.75. The molecule has 0 saturated carbocycles. The predicted octanol–water partition coefficient (Wildman–Crippen LogP) is 4.33. The van der Waals surface area contributed by atoms with Gasteiger partial charge < -0.3 is 0 Å². The molecule has 1 atom stereocenters. The molecule has 0 rings (SSSR count). The molecular weight excluding hydrogens is 325 g/mol. The van der Waals surface area contributed by atoms with Crippen LogP contribution >= 0.6 is 22.6 Å². The van der Waals surface area contributed by atoms with Gasteiger partial charge in [-0.2, -0.15) is 13.2 Å². The molecule has 0 amide bonds. The van der Waals surface area contributed by atoms with Gasteiger partial charge in [-0.15, -0.1) is 0 Å². The fourth-order valence-electron chi connectivity index (χ4n) is 0.649. The van der Waals surface area contributed by atoms with Gasteiger partial charge in [-0.1, -0.05) is 20.8 Å². The van der Waals surface area contributed by atoms with E-state index in [0.29, 0.717) is 0 Å². The molecule has 0 heterocycles. The van der Waals surface area contributed by atoms with Crippen LogP contribution in [-0.4, -0.2) is 15.8 Å². The van der Waals surface area contributed by atoms with E-state index < -0.39 is 21.2 Å². The zero-order valence-electron chi connectivity index (χ0n) is 7.65. The smallest absolute Gasteiger partial charge is 0.215 e. The lowest BCUT2D eigenvalue weighted by Crippen LogP contribution is -2.56. The first kappa shape index (κ1) is 14.3. The van der Waals surface area contributed by atoms with Crippen molar-refractivity contribution in [1.29, 1.82) is 0 Å². The van der Waals surface area contributed by atoms with Gasteiger partial charge in [-0.05, 0) is 22.6 Å². The van der Waals surface area contributed by atoms with Crippen molar-refractivity contribution in [2.75, 3.05) is 0 Å². The summed E-state index contributed by atoms with van der Waals surface area (Å²) in [5, 5.41) is 0. The van der Waals surface area contributed by atoms with Crippen molar-refractivity contribution in [1.82, 2.24) is 0 Å². The Hall–Kier alpha value is 0.310. The van der Waals surface area contributed by atoms with Crippen LogP contribution in [0.1, 0.15) is 20.8 Å². The first-order valence-electron chi connectivity index (χ1n) is 3.57. The molecule has 0 aromatic carbocycles. The third-order valence-electron chi connectivity index (χ3n) is 1.69. The monoisotopic (exact) mass is 334 g/mol. The van der Waals surface area contributed by atoms with E-state index >= 15 is 0 Å². The molecule has 0 aliphatic carbocycles. The van der Waals surface area contributed by atoms with E-state index in [2.05, 4.69) is 0 Å². The Morgan fingerprint density at radius 2 is 1.07 bits per heavy atom. The number of halogens is 7. The molecule has 14 heavy (non-hydrogen) atoms. The van der Waals surface area contributed by atoms with Gasteiger partial charge in [0.25, 0.3) is 0 Å². The van der Waals surface area contributed by atoms with Crippen LogP contribution in [-0.2, 0) is 0 Å². The summed E-state index contributed by atoms with van der Waals surface area (Å²) in [4.78, 5) is 0. The lowest BCUT2D eigenvalue weighted by molar-refractivity contribution is -0.278. The van der Waals surface area contributed by atoms with Crippen LogP contribution in [0.4, 0.5) is 26.3 Å². The Morgan fingerprint density at radius 3 is 1.14 bits per heavy atom. The molecule has 86 valence electrons. The van der Waals surface area contributed by atoms with E-state index in [9.17, 15) is 26.3 Å². The van der Waals surface area contributed by atoms with Crippen molar-refractivity contribution >= 4 is 22.6 Å². The molecular formula is C7H9F6I. The molecule has 0 saturated heterocycles.